The average molecular weight is 503 g/mol. The number of amides is 1. The van der Waals surface area contributed by atoms with Crippen molar-refractivity contribution in [3.05, 3.63) is 83.4 Å². The number of carbonyl (C=O) groups excluding carboxylic acids is 1. The number of hydrogen-bond donors (Lipinski definition) is 1. The first-order valence-corrected chi connectivity index (χ1v) is 13.0. The zero-order valence-electron chi connectivity index (χ0n) is 22.4. The minimum Gasteiger partial charge on any atom is -0.495 e. The molecule has 1 fully saturated rings. The number of hydrogen-bond acceptors (Lipinski definition) is 6. The molecule has 0 unspecified atom stereocenters. The molecule has 3 aromatic rings. The van der Waals surface area contributed by atoms with E-state index < -0.39 is 0 Å². The lowest BCUT2D eigenvalue weighted by Gasteiger charge is -2.36. The molecule has 0 bridgehead atoms. The second kappa shape index (κ2) is 12.5. The van der Waals surface area contributed by atoms with Crippen molar-refractivity contribution >= 4 is 17.3 Å². The van der Waals surface area contributed by atoms with E-state index in [4.69, 9.17) is 9.57 Å². The molecule has 1 aliphatic heterocycles. The summed E-state index contributed by atoms with van der Waals surface area (Å²) in [5.41, 5.74) is 8.17. The van der Waals surface area contributed by atoms with Gasteiger partial charge in [-0.25, -0.2) is 0 Å². The number of nitrogens with zero attached hydrogens (tertiary/aromatic N) is 3. The first kappa shape index (κ1) is 26.4. The fourth-order valence-corrected chi connectivity index (χ4v) is 4.59. The van der Waals surface area contributed by atoms with Gasteiger partial charge in [0.25, 0.3) is 5.91 Å². The Kier molecular flexibility index (Phi) is 8.90. The highest BCUT2D eigenvalue weighted by atomic mass is 16.7. The van der Waals surface area contributed by atoms with Crippen LogP contribution in [0.25, 0.3) is 0 Å². The Morgan fingerprint density at radius 1 is 1.00 bits per heavy atom. The molecule has 3 aromatic carbocycles. The maximum absolute atomic E-state index is 13.4. The summed E-state index contributed by atoms with van der Waals surface area (Å²) < 4.78 is 5.51. The number of hydroxylamine groups is 1. The standard InChI is InChI=1S/C30H38N4O3/c1-5-6-9-24-13-15-25(16-14-24)31-32(3)37-26-17-12-23(2)27(22-26)30(35)34-20-18-33(19-21-34)28-10-7-8-11-29(28)36-4/h7-8,10-17,22,31H,5-6,9,18-21H2,1-4H3. The molecule has 4 rings (SSSR count). The molecule has 0 radical (unpaired) electrons. The number of benzene rings is 3. The van der Waals surface area contributed by atoms with Gasteiger partial charge in [-0.3, -0.25) is 10.2 Å². The van der Waals surface area contributed by atoms with E-state index >= 15 is 0 Å². The molecular formula is C30H38N4O3. The van der Waals surface area contributed by atoms with Gasteiger partial charge in [0.2, 0.25) is 0 Å². The lowest BCUT2D eigenvalue weighted by molar-refractivity contribution is -0.00476. The largest absolute Gasteiger partial charge is 0.495 e. The lowest BCUT2D eigenvalue weighted by atomic mass is 10.1. The first-order chi connectivity index (χ1) is 18.0. The summed E-state index contributed by atoms with van der Waals surface area (Å²) in [5, 5.41) is 1.56. The Balaban J connectivity index is 1.35. The van der Waals surface area contributed by atoms with E-state index in [1.807, 2.05) is 55.3 Å². The van der Waals surface area contributed by atoms with Gasteiger partial charge < -0.3 is 19.4 Å². The second-order valence-electron chi connectivity index (χ2n) is 9.43. The van der Waals surface area contributed by atoms with Gasteiger partial charge in [-0.15, -0.1) is 0 Å². The number of piperazine rings is 1. The normalized spacial score (nSPS) is 13.5. The maximum Gasteiger partial charge on any atom is 0.254 e. The first-order valence-electron chi connectivity index (χ1n) is 13.0. The van der Waals surface area contributed by atoms with Crippen molar-refractivity contribution in [3.8, 4) is 11.5 Å². The quantitative estimate of drug-likeness (QED) is 0.366. The topological polar surface area (TPSA) is 57.3 Å². The molecule has 7 nitrogen and oxygen atoms in total. The molecule has 0 aromatic heterocycles. The summed E-state index contributed by atoms with van der Waals surface area (Å²) in [4.78, 5) is 23.6. The van der Waals surface area contributed by atoms with Crippen molar-refractivity contribution < 1.29 is 14.4 Å². The summed E-state index contributed by atoms with van der Waals surface area (Å²) in [6.45, 7) is 6.98. The molecule has 1 saturated heterocycles. The zero-order valence-corrected chi connectivity index (χ0v) is 22.4. The summed E-state index contributed by atoms with van der Waals surface area (Å²) >= 11 is 0. The number of anilines is 2. The highest BCUT2D eigenvalue weighted by Crippen LogP contribution is 2.29. The molecule has 0 atom stereocenters. The number of aryl methyl sites for hydroxylation is 2. The number of ether oxygens (including phenoxy) is 1. The molecule has 7 heteroatoms. The van der Waals surface area contributed by atoms with Gasteiger partial charge in [-0.2, -0.15) is 0 Å². The zero-order chi connectivity index (χ0) is 26.2. The van der Waals surface area contributed by atoms with Gasteiger partial charge in [0, 0.05) is 38.8 Å². The van der Waals surface area contributed by atoms with Crippen LogP contribution in [0.15, 0.2) is 66.7 Å². The Morgan fingerprint density at radius 2 is 1.73 bits per heavy atom. The van der Waals surface area contributed by atoms with E-state index in [2.05, 4.69) is 47.6 Å². The van der Waals surface area contributed by atoms with Gasteiger partial charge in [-0.05, 0) is 67.3 Å². The molecule has 1 heterocycles. The Hall–Kier alpha value is -3.71. The maximum atomic E-state index is 13.4. The summed E-state index contributed by atoms with van der Waals surface area (Å²) in [6, 6.07) is 22.1. The number of rotatable bonds is 10. The molecular weight excluding hydrogens is 464 g/mol. The fraction of sp³-hybridized carbons (Fsp3) is 0.367. The van der Waals surface area contributed by atoms with Gasteiger partial charge in [-0.1, -0.05) is 48.8 Å². The van der Waals surface area contributed by atoms with Crippen LogP contribution < -0.4 is 19.9 Å². The number of unbranched alkanes of at least 4 members (excludes halogenated alkanes) is 1. The molecule has 0 spiro atoms. The van der Waals surface area contributed by atoms with Gasteiger partial charge in [0.05, 0.1) is 18.5 Å². The molecule has 196 valence electrons. The summed E-state index contributed by atoms with van der Waals surface area (Å²) in [7, 11) is 3.50. The van der Waals surface area contributed by atoms with Crippen molar-refractivity contribution in [2.45, 2.75) is 33.1 Å². The van der Waals surface area contributed by atoms with Crippen LogP contribution in [0.1, 0.15) is 41.3 Å². The Labute approximate surface area is 220 Å². The van der Waals surface area contributed by atoms with Gasteiger partial charge in [0.15, 0.2) is 5.75 Å². The third kappa shape index (κ3) is 6.74. The van der Waals surface area contributed by atoms with E-state index in [-0.39, 0.29) is 5.91 Å². The molecule has 0 aliphatic carbocycles. The van der Waals surface area contributed by atoms with Crippen LogP contribution >= 0.6 is 0 Å². The van der Waals surface area contributed by atoms with E-state index in [1.54, 1.807) is 12.3 Å². The van der Waals surface area contributed by atoms with Crippen molar-refractivity contribution in [2.75, 3.05) is 50.7 Å². The summed E-state index contributed by atoms with van der Waals surface area (Å²) in [5.74, 6) is 1.49. The van der Waals surface area contributed by atoms with E-state index in [1.165, 1.54) is 18.4 Å². The van der Waals surface area contributed by atoms with Gasteiger partial charge in [0.1, 0.15) is 5.75 Å². The average Bonchev–Trinajstić information content (AvgIpc) is 2.93. The monoisotopic (exact) mass is 502 g/mol. The smallest absolute Gasteiger partial charge is 0.254 e. The van der Waals surface area contributed by atoms with Crippen molar-refractivity contribution in [1.29, 1.82) is 0 Å². The molecule has 1 amide bonds. The minimum absolute atomic E-state index is 0.0286. The lowest BCUT2D eigenvalue weighted by Crippen LogP contribution is -2.49. The molecule has 37 heavy (non-hydrogen) atoms. The third-order valence-electron chi connectivity index (χ3n) is 6.73. The van der Waals surface area contributed by atoms with Crippen molar-refractivity contribution in [3.63, 3.8) is 0 Å². The SMILES string of the molecule is CCCCc1ccc(NN(C)Oc2ccc(C)c(C(=O)N3CCN(c4ccccc4OC)CC3)c2)cc1. The highest BCUT2D eigenvalue weighted by Gasteiger charge is 2.25. The predicted molar refractivity (Wildman–Crippen MR) is 149 cm³/mol. The van der Waals surface area contributed by atoms with E-state index in [0.29, 0.717) is 24.4 Å². The predicted octanol–water partition coefficient (Wildman–Crippen LogP) is 5.56. The van der Waals surface area contributed by atoms with Crippen LogP contribution in [0.5, 0.6) is 11.5 Å². The third-order valence-corrected chi connectivity index (χ3v) is 6.73. The van der Waals surface area contributed by atoms with E-state index in [0.717, 1.165) is 42.2 Å². The molecule has 1 N–H and O–H groups in total. The van der Waals surface area contributed by atoms with Crippen LogP contribution in [0.3, 0.4) is 0 Å². The molecule has 1 aliphatic rings. The summed E-state index contributed by atoms with van der Waals surface area (Å²) in [6.07, 6.45) is 3.48. The minimum atomic E-state index is 0.0286. The molecule has 0 saturated carbocycles. The number of nitrogens with one attached hydrogen (secondary N) is 1. The Bertz CT molecular complexity index is 1170. The van der Waals surface area contributed by atoms with Gasteiger partial charge >= 0.3 is 0 Å². The van der Waals surface area contributed by atoms with Crippen molar-refractivity contribution in [2.24, 2.45) is 0 Å². The number of hydrazine groups is 1. The van der Waals surface area contributed by atoms with E-state index in [9.17, 15) is 4.79 Å². The van der Waals surface area contributed by atoms with Crippen LogP contribution in [-0.4, -0.2) is 56.3 Å². The Morgan fingerprint density at radius 3 is 2.43 bits per heavy atom. The second-order valence-corrected chi connectivity index (χ2v) is 9.43. The number of methoxy groups -OCH3 is 1. The fourth-order valence-electron chi connectivity index (χ4n) is 4.59. The van der Waals surface area contributed by atoms with Crippen LogP contribution in [0.2, 0.25) is 0 Å². The highest BCUT2D eigenvalue weighted by molar-refractivity contribution is 5.96. The van der Waals surface area contributed by atoms with Crippen LogP contribution in [0, 0.1) is 6.92 Å². The number of carbonyl (C=O) groups is 1. The van der Waals surface area contributed by atoms with Crippen LogP contribution in [0.4, 0.5) is 11.4 Å². The van der Waals surface area contributed by atoms with Crippen LogP contribution in [-0.2, 0) is 6.42 Å². The van der Waals surface area contributed by atoms with Crippen molar-refractivity contribution in [1.82, 2.24) is 10.1 Å². The number of para-hydroxylation sites is 2.